The molecule has 0 fully saturated rings. The number of halogens is 1. The molecule has 0 radical (unpaired) electrons. The van der Waals surface area contributed by atoms with Crippen molar-refractivity contribution in [3.63, 3.8) is 0 Å². The minimum Gasteiger partial charge on any atom is -0.324 e. The van der Waals surface area contributed by atoms with E-state index < -0.39 is 0 Å². The van der Waals surface area contributed by atoms with Crippen LogP contribution in [0.5, 0.6) is 0 Å². The van der Waals surface area contributed by atoms with Gasteiger partial charge in [0.1, 0.15) is 6.54 Å². The quantitative estimate of drug-likeness (QED) is 0.794. The van der Waals surface area contributed by atoms with Gasteiger partial charge in [-0.25, -0.2) is 4.68 Å². The van der Waals surface area contributed by atoms with E-state index in [4.69, 9.17) is 11.6 Å². The van der Waals surface area contributed by atoms with Gasteiger partial charge in [-0.1, -0.05) is 41.9 Å². The van der Waals surface area contributed by atoms with Crippen molar-refractivity contribution < 1.29 is 4.79 Å². The second-order valence-electron chi connectivity index (χ2n) is 5.14. The summed E-state index contributed by atoms with van der Waals surface area (Å²) in [5.41, 5.74) is 1.79. The van der Waals surface area contributed by atoms with Crippen molar-refractivity contribution in [2.24, 2.45) is 0 Å². The average molecular weight is 340 g/mol. The number of anilines is 1. The molecular formula is C18H14ClN3O2. The molecular weight excluding hydrogens is 326 g/mol. The summed E-state index contributed by atoms with van der Waals surface area (Å²) in [5, 5.41) is 7.55. The smallest absolute Gasteiger partial charge is 0.267 e. The number of carbonyl (C=O) groups excluding carboxylic acids is 1. The molecule has 120 valence electrons. The molecule has 0 bridgehead atoms. The lowest BCUT2D eigenvalue weighted by molar-refractivity contribution is -0.117. The van der Waals surface area contributed by atoms with E-state index in [-0.39, 0.29) is 18.0 Å². The number of carbonyl (C=O) groups is 1. The van der Waals surface area contributed by atoms with Crippen LogP contribution in [0.15, 0.2) is 71.5 Å². The summed E-state index contributed by atoms with van der Waals surface area (Å²) in [7, 11) is 0. The molecule has 3 rings (SSSR count). The number of aromatic nitrogens is 2. The molecule has 0 atom stereocenters. The first-order valence-electron chi connectivity index (χ1n) is 7.31. The van der Waals surface area contributed by atoms with Crippen LogP contribution in [0.25, 0.3) is 11.3 Å². The fourth-order valence-corrected chi connectivity index (χ4v) is 2.32. The molecule has 0 aliphatic carbocycles. The van der Waals surface area contributed by atoms with E-state index in [1.165, 1.54) is 6.07 Å². The lowest BCUT2D eigenvalue weighted by Crippen LogP contribution is -2.29. The zero-order chi connectivity index (χ0) is 16.9. The Balaban J connectivity index is 1.78. The normalized spacial score (nSPS) is 10.4. The largest absolute Gasteiger partial charge is 0.324 e. The van der Waals surface area contributed by atoms with E-state index in [1.54, 1.807) is 30.3 Å². The number of hydrogen-bond donors (Lipinski definition) is 1. The minimum atomic E-state index is -0.336. The van der Waals surface area contributed by atoms with Crippen LogP contribution >= 0.6 is 11.6 Å². The first kappa shape index (κ1) is 16.0. The van der Waals surface area contributed by atoms with E-state index in [9.17, 15) is 9.59 Å². The Bertz CT molecular complexity index is 906. The summed E-state index contributed by atoms with van der Waals surface area (Å²) in [4.78, 5) is 24.1. The number of amides is 1. The van der Waals surface area contributed by atoms with Crippen LogP contribution in [-0.4, -0.2) is 15.7 Å². The summed E-state index contributed by atoms with van der Waals surface area (Å²) in [6.07, 6.45) is 0. The van der Waals surface area contributed by atoms with Gasteiger partial charge in [0.15, 0.2) is 0 Å². The number of nitrogens with zero attached hydrogens (tertiary/aromatic N) is 2. The van der Waals surface area contributed by atoms with Gasteiger partial charge in [-0.05, 0) is 30.3 Å². The maximum absolute atomic E-state index is 12.1. The number of nitrogens with one attached hydrogen (secondary N) is 1. The Kier molecular flexibility index (Phi) is 4.72. The van der Waals surface area contributed by atoms with Crippen LogP contribution in [0.1, 0.15) is 0 Å². The van der Waals surface area contributed by atoms with Crippen molar-refractivity contribution in [3.05, 3.63) is 82.1 Å². The maximum atomic E-state index is 12.1. The highest BCUT2D eigenvalue weighted by atomic mass is 35.5. The molecule has 5 nitrogen and oxygen atoms in total. The molecule has 0 saturated heterocycles. The standard InChI is InChI=1S/C18H14ClN3O2/c19-14-6-8-15(9-7-14)20-17(23)12-22-18(24)11-10-16(21-22)13-4-2-1-3-5-13/h1-11H,12H2,(H,20,23). The van der Waals surface area contributed by atoms with Crippen LogP contribution in [0, 0.1) is 0 Å². The molecule has 3 aromatic rings. The van der Waals surface area contributed by atoms with Gasteiger partial charge in [-0.15, -0.1) is 0 Å². The van der Waals surface area contributed by atoms with Crippen molar-refractivity contribution in [2.45, 2.75) is 6.54 Å². The van der Waals surface area contributed by atoms with Crippen LogP contribution < -0.4 is 10.9 Å². The molecule has 1 aromatic heterocycles. The predicted octanol–water partition coefficient (Wildman–Crippen LogP) is 3.20. The summed E-state index contributed by atoms with van der Waals surface area (Å²) >= 11 is 5.81. The van der Waals surface area contributed by atoms with Crippen molar-refractivity contribution >= 4 is 23.2 Å². The van der Waals surface area contributed by atoms with Crippen molar-refractivity contribution in [3.8, 4) is 11.3 Å². The Hall–Kier alpha value is -2.92. The molecule has 2 aromatic carbocycles. The summed E-state index contributed by atoms with van der Waals surface area (Å²) < 4.78 is 1.15. The molecule has 24 heavy (non-hydrogen) atoms. The number of rotatable bonds is 4. The highest BCUT2D eigenvalue weighted by Crippen LogP contribution is 2.15. The molecule has 0 unspecified atom stereocenters. The SMILES string of the molecule is O=C(Cn1nc(-c2ccccc2)ccc1=O)Nc1ccc(Cl)cc1. The molecule has 1 N–H and O–H groups in total. The van der Waals surface area contributed by atoms with Crippen molar-refractivity contribution in [2.75, 3.05) is 5.32 Å². The van der Waals surface area contributed by atoms with Gasteiger partial charge in [0.05, 0.1) is 5.69 Å². The first-order valence-corrected chi connectivity index (χ1v) is 7.68. The molecule has 6 heteroatoms. The number of benzene rings is 2. The van der Waals surface area contributed by atoms with Gasteiger partial charge >= 0.3 is 0 Å². The van der Waals surface area contributed by atoms with E-state index >= 15 is 0 Å². The zero-order valence-corrected chi connectivity index (χ0v) is 13.4. The third-order valence-corrected chi connectivity index (χ3v) is 3.61. The number of hydrogen-bond acceptors (Lipinski definition) is 3. The molecule has 0 spiro atoms. The Morgan fingerprint density at radius 3 is 2.42 bits per heavy atom. The molecule has 1 heterocycles. The summed E-state index contributed by atoms with van der Waals surface area (Å²) in [6, 6.07) is 19.3. The van der Waals surface area contributed by atoms with E-state index in [1.807, 2.05) is 30.3 Å². The lowest BCUT2D eigenvalue weighted by Gasteiger charge is -2.08. The van der Waals surface area contributed by atoms with E-state index in [0.29, 0.717) is 16.4 Å². The van der Waals surface area contributed by atoms with Crippen LogP contribution in [0.2, 0.25) is 5.02 Å². The summed E-state index contributed by atoms with van der Waals surface area (Å²) in [6.45, 7) is -0.165. The fraction of sp³-hybridized carbons (Fsp3) is 0.0556. The predicted molar refractivity (Wildman–Crippen MR) is 94.0 cm³/mol. The first-order chi connectivity index (χ1) is 11.6. The second-order valence-corrected chi connectivity index (χ2v) is 5.57. The Morgan fingerprint density at radius 1 is 1.00 bits per heavy atom. The van der Waals surface area contributed by atoms with E-state index in [2.05, 4.69) is 10.4 Å². The highest BCUT2D eigenvalue weighted by Gasteiger charge is 2.08. The van der Waals surface area contributed by atoms with Gasteiger partial charge in [0, 0.05) is 22.3 Å². The second kappa shape index (κ2) is 7.10. The maximum Gasteiger partial charge on any atom is 0.267 e. The van der Waals surface area contributed by atoms with Crippen molar-refractivity contribution in [1.29, 1.82) is 0 Å². The lowest BCUT2D eigenvalue weighted by atomic mass is 10.1. The third kappa shape index (κ3) is 3.88. The van der Waals surface area contributed by atoms with Crippen LogP contribution in [-0.2, 0) is 11.3 Å². The van der Waals surface area contributed by atoms with Crippen LogP contribution in [0.3, 0.4) is 0 Å². The van der Waals surface area contributed by atoms with Gasteiger partial charge in [0.25, 0.3) is 5.56 Å². The monoisotopic (exact) mass is 339 g/mol. The van der Waals surface area contributed by atoms with Gasteiger partial charge in [-0.3, -0.25) is 9.59 Å². The van der Waals surface area contributed by atoms with Gasteiger partial charge in [-0.2, -0.15) is 5.10 Å². The topological polar surface area (TPSA) is 64.0 Å². The molecule has 1 amide bonds. The molecule has 0 saturated carbocycles. The molecule has 0 aliphatic rings. The summed E-state index contributed by atoms with van der Waals surface area (Å²) in [5.74, 6) is -0.336. The van der Waals surface area contributed by atoms with E-state index in [0.717, 1.165) is 10.2 Å². The minimum absolute atomic E-state index is 0.165. The molecule has 0 aliphatic heterocycles. The van der Waals surface area contributed by atoms with Gasteiger partial charge in [0.2, 0.25) is 5.91 Å². The van der Waals surface area contributed by atoms with Crippen LogP contribution in [0.4, 0.5) is 5.69 Å². The Morgan fingerprint density at radius 2 is 1.71 bits per heavy atom. The van der Waals surface area contributed by atoms with Crippen molar-refractivity contribution in [1.82, 2.24) is 9.78 Å². The third-order valence-electron chi connectivity index (χ3n) is 3.36. The highest BCUT2D eigenvalue weighted by molar-refractivity contribution is 6.30. The average Bonchev–Trinajstić information content (AvgIpc) is 2.60. The van der Waals surface area contributed by atoms with Gasteiger partial charge < -0.3 is 5.32 Å². The fourth-order valence-electron chi connectivity index (χ4n) is 2.19. The Labute approximate surface area is 143 Å². The zero-order valence-electron chi connectivity index (χ0n) is 12.6.